The molecule has 1 N–H and O–H groups in total. The minimum atomic E-state index is -0.0805. The largest absolute Gasteiger partial charge is 0.491 e. The highest BCUT2D eigenvalue weighted by Crippen LogP contribution is 2.16. The molecule has 1 aromatic carbocycles. The molecule has 0 heterocycles. The fourth-order valence-corrected chi connectivity index (χ4v) is 2.16. The Kier molecular flexibility index (Phi) is 6.86. The molecular weight excluding hydrogens is 274 g/mol. The second-order valence-corrected chi connectivity index (χ2v) is 5.87. The second-order valence-electron chi connectivity index (χ2n) is 5.50. The smallest absolute Gasteiger partial charge is 0.251 e. The number of nitrogens with one attached hydrogen (secondary N) is 1. The summed E-state index contributed by atoms with van der Waals surface area (Å²) in [6.45, 7) is 8.08. The van der Waals surface area contributed by atoms with Crippen LogP contribution in [0.3, 0.4) is 0 Å². The van der Waals surface area contributed by atoms with Crippen molar-refractivity contribution in [3.63, 3.8) is 0 Å². The fraction of sp³-hybridized carbons (Fsp3) is 0.562. The van der Waals surface area contributed by atoms with Crippen molar-refractivity contribution in [2.24, 2.45) is 5.92 Å². The summed E-state index contributed by atoms with van der Waals surface area (Å²) < 4.78 is 5.60. The van der Waals surface area contributed by atoms with E-state index in [-0.39, 0.29) is 18.1 Å². The van der Waals surface area contributed by atoms with Gasteiger partial charge >= 0.3 is 0 Å². The zero-order chi connectivity index (χ0) is 15.1. The van der Waals surface area contributed by atoms with E-state index in [9.17, 15) is 4.79 Å². The molecule has 1 aromatic rings. The Balaban J connectivity index is 2.75. The predicted molar refractivity (Wildman–Crippen MR) is 83.6 cm³/mol. The first-order valence-electron chi connectivity index (χ1n) is 7.07. The van der Waals surface area contributed by atoms with Crippen LogP contribution in [-0.4, -0.2) is 23.9 Å². The molecule has 0 bridgehead atoms. The molecule has 0 aliphatic carbocycles. The molecule has 1 unspecified atom stereocenters. The highest BCUT2D eigenvalue weighted by Gasteiger charge is 2.17. The van der Waals surface area contributed by atoms with Gasteiger partial charge in [0, 0.05) is 17.5 Å². The molecule has 1 amide bonds. The normalized spacial score (nSPS) is 12.6. The van der Waals surface area contributed by atoms with Crippen molar-refractivity contribution in [1.29, 1.82) is 0 Å². The van der Waals surface area contributed by atoms with Crippen LogP contribution in [0.15, 0.2) is 24.3 Å². The quantitative estimate of drug-likeness (QED) is 0.776. The summed E-state index contributed by atoms with van der Waals surface area (Å²) in [6.07, 6.45) is 0.862. The average molecular weight is 298 g/mol. The molecule has 0 radical (unpaired) electrons. The first-order valence-corrected chi connectivity index (χ1v) is 7.61. The first-order chi connectivity index (χ1) is 9.43. The monoisotopic (exact) mass is 297 g/mol. The van der Waals surface area contributed by atoms with Gasteiger partial charge in [-0.25, -0.2) is 0 Å². The lowest BCUT2D eigenvalue weighted by Gasteiger charge is -2.21. The number of amides is 1. The van der Waals surface area contributed by atoms with Crippen molar-refractivity contribution in [3.8, 4) is 5.75 Å². The Labute approximate surface area is 126 Å². The van der Waals surface area contributed by atoms with Gasteiger partial charge in [0.2, 0.25) is 0 Å². The topological polar surface area (TPSA) is 38.3 Å². The van der Waals surface area contributed by atoms with Crippen molar-refractivity contribution in [3.05, 3.63) is 29.8 Å². The molecule has 1 rings (SSSR count). The number of hydrogen-bond donors (Lipinski definition) is 1. The SMILES string of the molecule is CC(C)Oc1cccc(C(=O)NC(CCCl)C(C)C)c1. The van der Waals surface area contributed by atoms with Gasteiger partial charge in [-0.15, -0.1) is 11.6 Å². The van der Waals surface area contributed by atoms with Gasteiger partial charge in [-0.2, -0.15) is 0 Å². The summed E-state index contributed by atoms with van der Waals surface area (Å²) in [5.41, 5.74) is 0.614. The third-order valence-electron chi connectivity index (χ3n) is 3.01. The van der Waals surface area contributed by atoms with Gasteiger partial charge in [0.15, 0.2) is 0 Å². The van der Waals surface area contributed by atoms with E-state index in [4.69, 9.17) is 16.3 Å². The summed E-state index contributed by atoms with van der Waals surface area (Å²) in [7, 11) is 0. The minimum absolute atomic E-state index is 0.0805. The molecule has 0 aliphatic rings. The summed E-state index contributed by atoms with van der Waals surface area (Å²) in [4.78, 5) is 12.3. The molecule has 1 atom stereocenters. The lowest BCUT2D eigenvalue weighted by Crippen LogP contribution is -2.38. The molecule has 112 valence electrons. The molecule has 20 heavy (non-hydrogen) atoms. The molecule has 3 nitrogen and oxygen atoms in total. The molecule has 4 heteroatoms. The van der Waals surface area contributed by atoms with Crippen LogP contribution in [0, 0.1) is 5.92 Å². The maximum Gasteiger partial charge on any atom is 0.251 e. The number of benzene rings is 1. The number of alkyl halides is 1. The van der Waals surface area contributed by atoms with Crippen LogP contribution < -0.4 is 10.1 Å². The van der Waals surface area contributed by atoms with E-state index >= 15 is 0 Å². The number of carbonyl (C=O) groups is 1. The number of carbonyl (C=O) groups excluding carboxylic acids is 1. The highest BCUT2D eigenvalue weighted by molar-refractivity contribution is 6.17. The molecule has 0 spiro atoms. The number of rotatable bonds is 7. The van der Waals surface area contributed by atoms with E-state index in [1.807, 2.05) is 26.0 Å². The Hall–Kier alpha value is -1.22. The Morgan fingerprint density at radius 2 is 2.00 bits per heavy atom. The van der Waals surface area contributed by atoms with Crippen LogP contribution in [0.5, 0.6) is 5.75 Å². The van der Waals surface area contributed by atoms with Crippen molar-refractivity contribution in [2.45, 2.75) is 46.3 Å². The number of hydrogen-bond acceptors (Lipinski definition) is 2. The molecular formula is C16H24ClNO2. The maximum absolute atomic E-state index is 12.3. The summed E-state index contributed by atoms with van der Waals surface area (Å²) in [5.74, 6) is 1.53. The summed E-state index contributed by atoms with van der Waals surface area (Å²) >= 11 is 5.78. The lowest BCUT2D eigenvalue weighted by atomic mass is 10.0. The van der Waals surface area contributed by atoms with Crippen LogP contribution in [0.2, 0.25) is 0 Å². The van der Waals surface area contributed by atoms with Gasteiger partial charge in [-0.1, -0.05) is 19.9 Å². The van der Waals surface area contributed by atoms with Gasteiger partial charge in [-0.3, -0.25) is 4.79 Å². The molecule has 0 aromatic heterocycles. The van der Waals surface area contributed by atoms with Gasteiger partial charge in [0.05, 0.1) is 6.10 Å². The van der Waals surface area contributed by atoms with Crippen molar-refractivity contribution in [1.82, 2.24) is 5.32 Å². The van der Waals surface area contributed by atoms with Gasteiger partial charge in [0.1, 0.15) is 5.75 Å². The third kappa shape index (κ3) is 5.41. The third-order valence-corrected chi connectivity index (χ3v) is 3.23. The van der Waals surface area contributed by atoms with E-state index in [0.717, 1.165) is 6.42 Å². The minimum Gasteiger partial charge on any atom is -0.491 e. The number of halogens is 1. The molecule has 0 aliphatic heterocycles. The van der Waals surface area contributed by atoms with E-state index in [1.165, 1.54) is 0 Å². The van der Waals surface area contributed by atoms with Crippen molar-refractivity contribution in [2.75, 3.05) is 5.88 Å². The van der Waals surface area contributed by atoms with E-state index < -0.39 is 0 Å². The first kappa shape index (κ1) is 16.8. The van der Waals surface area contributed by atoms with E-state index in [2.05, 4.69) is 19.2 Å². The zero-order valence-corrected chi connectivity index (χ0v) is 13.4. The number of ether oxygens (including phenoxy) is 1. The highest BCUT2D eigenvalue weighted by atomic mass is 35.5. The Morgan fingerprint density at radius 1 is 1.30 bits per heavy atom. The van der Waals surface area contributed by atoms with Gasteiger partial charge in [0.25, 0.3) is 5.91 Å². The lowest BCUT2D eigenvalue weighted by molar-refractivity contribution is 0.0924. The van der Waals surface area contributed by atoms with Crippen molar-refractivity contribution >= 4 is 17.5 Å². The van der Waals surface area contributed by atoms with Crippen LogP contribution in [0.4, 0.5) is 0 Å². The van der Waals surface area contributed by atoms with Crippen LogP contribution in [0.1, 0.15) is 44.5 Å². The molecule has 0 saturated carbocycles. The Bertz CT molecular complexity index is 432. The van der Waals surface area contributed by atoms with Crippen molar-refractivity contribution < 1.29 is 9.53 Å². The standard InChI is InChI=1S/C16H24ClNO2/c1-11(2)15(8-9-17)18-16(19)13-6-5-7-14(10-13)20-12(3)4/h5-7,10-12,15H,8-9H2,1-4H3,(H,18,19). The molecule has 0 saturated heterocycles. The van der Waals surface area contributed by atoms with Gasteiger partial charge in [-0.05, 0) is 44.4 Å². The zero-order valence-electron chi connectivity index (χ0n) is 12.7. The second kappa shape index (κ2) is 8.15. The molecule has 0 fully saturated rings. The summed E-state index contributed by atoms with van der Waals surface area (Å²) in [6, 6.07) is 7.34. The van der Waals surface area contributed by atoms with Crippen LogP contribution in [0.25, 0.3) is 0 Å². The maximum atomic E-state index is 12.3. The fourth-order valence-electron chi connectivity index (χ4n) is 1.92. The Morgan fingerprint density at radius 3 is 2.55 bits per heavy atom. The van der Waals surface area contributed by atoms with Crippen LogP contribution in [-0.2, 0) is 0 Å². The van der Waals surface area contributed by atoms with E-state index in [1.54, 1.807) is 12.1 Å². The predicted octanol–water partition coefficient (Wildman–Crippen LogP) is 3.86. The summed E-state index contributed by atoms with van der Waals surface area (Å²) in [5, 5.41) is 3.04. The van der Waals surface area contributed by atoms with Crippen LogP contribution >= 0.6 is 11.6 Å². The van der Waals surface area contributed by atoms with E-state index in [0.29, 0.717) is 23.1 Å². The van der Waals surface area contributed by atoms with Gasteiger partial charge < -0.3 is 10.1 Å². The average Bonchev–Trinajstić information content (AvgIpc) is 2.37.